The fourth-order valence-corrected chi connectivity index (χ4v) is 1.43. The zero-order valence-corrected chi connectivity index (χ0v) is 9.70. The van der Waals surface area contributed by atoms with E-state index in [1.54, 1.807) is 0 Å². The van der Waals surface area contributed by atoms with Crippen LogP contribution in [0.2, 0.25) is 0 Å². The molecular formula is C13H12N2O2. The van der Waals surface area contributed by atoms with Crippen LogP contribution in [0.25, 0.3) is 11.1 Å². The maximum Gasteiger partial charge on any atom is 0.217 e. The van der Waals surface area contributed by atoms with Gasteiger partial charge in [-0.15, -0.1) is 0 Å². The van der Waals surface area contributed by atoms with Gasteiger partial charge in [0.05, 0.1) is 6.54 Å². The van der Waals surface area contributed by atoms with Gasteiger partial charge in [-0.2, -0.15) is 0 Å². The number of rotatable bonds is 1. The van der Waals surface area contributed by atoms with Crippen molar-refractivity contribution in [1.82, 2.24) is 10.3 Å². The van der Waals surface area contributed by atoms with Crippen molar-refractivity contribution < 1.29 is 9.21 Å². The number of aromatic nitrogens is 1. The third kappa shape index (κ3) is 2.85. The zero-order chi connectivity index (χ0) is 12.3. The topological polar surface area (TPSA) is 55.1 Å². The Kier molecular flexibility index (Phi) is 3.10. The number of carbonyl (C=O) groups excluding carboxylic acids is 1. The molecule has 0 fully saturated rings. The number of amides is 1. The summed E-state index contributed by atoms with van der Waals surface area (Å²) < 4.78 is 5.40. The minimum Gasteiger partial charge on any atom is -0.441 e. The van der Waals surface area contributed by atoms with Gasteiger partial charge in [0.1, 0.15) is 5.52 Å². The van der Waals surface area contributed by atoms with E-state index in [0.717, 1.165) is 16.7 Å². The molecule has 0 aliphatic carbocycles. The Bertz CT molecular complexity index is 617. The van der Waals surface area contributed by atoms with Crippen LogP contribution in [0.3, 0.4) is 0 Å². The van der Waals surface area contributed by atoms with Crippen molar-refractivity contribution in [1.29, 1.82) is 0 Å². The molecule has 4 nitrogen and oxygen atoms in total. The molecule has 1 heterocycles. The van der Waals surface area contributed by atoms with Gasteiger partial charge in [0.15, 0.2) is 11.5 Å². The number of benzene rings is 1. The van der Waals surface area contributed by atoms with Gasteiger partial charge in [0.25, 0.3) is 0 Å². The lowest BCUT2D eigenvalue weighted by Gasteiger charge is -1.92. The van der Waals surface area contributed by atoms with E-state index in [-0.39, 0.29) is 5.91 Å². The van der Waals surface area contributed by atoms with E-state index in [9.17, 15) is 4.79 Å². The number of hydrogen-bond acceptors (Lipinski definition) is 3. The molecule has 1 amide bonds. The SMILES string of the molecule is CC(=O)NCC#Cc1ccc2nc(C)oc2c1. The van der Waals surface area contributed by atoms with Crippen LogP contribution in [0, 0.1) is 18.8 Å². The first kappa shape index (κ1) is 11.2. The first-order valence-corrected chi connectivity index (χ1v) is 5.25. The van der Waals surface area contributed by atoms with E-state index in [2.05, 4.69) is 22.1 Å². The van der Waals surface area contributed by atoms with Crippen molar-refractivity contribution in [3.63, 3.8) is 0 Å². The summed E-state index contributed by atoms with van der Waals surface area (Å²) in [6.45, 7) is 3.62. The van der Waals surface area contributed by atoms with Crippen molar-refractivity contribution >= 4 is 17.0 Å². The number of nitrogens with zero attached hydrogens (tertiary/aromatic N) is 1. The average molecular weight is 228 g/mol. The second-order valence-corrected chi connectivity index (χ2v) is 3.63. The molecule has 0 bridgehead atoms. The van der Waals surface area contributed by atoms with Crippen LogP contribution in [0.5, 0.6) is 0 Å². The van der Waals surface area contributed by atoms with Crippen LogP contribution in [-0.2, 0) is 4.79 Å². The number of aryl methyl sites for hydroxylation is 1. The van der Waals surface area contributed by atoms with Crippen molar-refractivity contribution in [3.05, 3.63) is 29.7 Å². The third-order valence-electron chi connectivity index (χ3n) is 2.15. The van der Waals surface area contributed by atoms with Gasteiger partial charge in [-0.1, -0.05) is 11.8 Å². The fraction of sp³-hybridized carbons (Fsp3) is 0.231. The minimum atomic E-state index is -0.0828. The highest BCUT2D eigenvalue weighted by molar-refractivity contribution is 5.75. The number of carbonyl (C=O) groups is 1. The van der Waals surface area contributed by atoms with Gasteiger partial charge in [-0.3, -0.25) is 4.79 Å². The average Bonchev–Trinajstić information content (AvgIpc) is 2.63. The summed E-state index contributed by atoms with van der Waals surface area (Å²) in [4.78, 5) is 14.8. The molecule has 2 rings (SSSR count). The van der Waals surface area contributed by atoms with Crippen LogP contribution in [-0.4, -0.2) is 17.4 Å². The number of oxazole rings is 1. The summed E-state index contributed by atoms with van der Waals surface area (Å²) in [5, 5.41) is 2.61. The molecule has 0 spiro atoms. The lowest BCUT2D eigenvalue weighted by Crippen LogP contribution is -2.19. The van der Waals surface area contributed by atoms with Crippen molar-refractivity contribution in [3.8, 4) is 11.8 Å². The fourth-order valence-electron chi connectivity index (χ4n) is 1.43. The first-order chi connectivity index (χ1) is 8.15. The van der Waals surface area contributed by atoms with Gasteiger partial charge in [0.2, 0.25) is 5.91 Å². The van der Waals surface area contributed by atoms with Crippen molar-refractivity contribution in [2.75, 3.05) is 6.54 Å². The molecule has 17 heavy (non-hydrogen) atoms. The maximum absolute atomic E-state index is 10.6. The third-order valence-corrected chi connectivity index (χ3v) is 2.15. The quantitative estimate of drug-likeness (QED) is 0.755. The standard InChI is InChI=1S/C13H12N2O2/c1-9(16)14-7-3-4-11-5-6-12-13(8-11)17-10(2)15-12/h5-6,8H,7H2,1-2H3,(H,14,16). The Balaban J connectivity index is 2.16. The van der Waals surface area contributed by atoms with Gasteiger partial charge < -0.3 is 9.73 Å². The number of nitrogens with one attached hydrogen (secondary N) is 1. The summed E-state index contributed by atoms with van der Waals surface area (Å²) in [5.74, 6) is 6.37. The van der Waals surface area contributed by atoms with Gasteiger partial charge in [-0.05, 0) is 18.2 Å². The van der Waals surface area contributed by atoms with Crippen molar-refractivity contribution in [2.45, 2.75) is 13.8 Å². The minimum absolute atomic E-state index is 0.0828. The first-order valence-electron chi connectivity index (χ1n) is 5.25. The smallest absolute Gasteiger partial charge is 0.217 e. The summed E-state index contributed by atoms with van der Waals surface area (Å²) >= 11 is 0. The van der Waals surface area contributed by atoms with Gasteiger partial charge >= 0.3 is 0 Å². The van der Waals surface area contributed by atoms with Crippen LogP contribution in [0.15, 0.2) is 22.6 Å². The zero-order valence-electron chi connectivity index (χ0n) is 9.70. The molecule has 2 aromatic rings. The van der Waals surface area contributed by atoms with E-state index in [0.29, 0.717) is 12.4 Å². The van der Waals surface area contributed by atoms with E-state index < -0.39 is 0 Å². The summed E-state index contributed by atoms with van der Waals surface area (Å²) in [6, 6.07) is 5.59. The Hall–Kier alpha value is -2.28. The van der Waals surface area contributed by atoms with E-state index in [1.807, 2.05) is 25.1 Å². The van der Waals surface area contributed by atoms with Crippen LogP contribution >= 0.6 is 0 Å². The normalized spacial score (nSPS) is 9.76. The molecule has 4 heteroatoms. The lowest BCUT2D eigenvalue weighted by atomic mass is 10.2. The van der Waals surface area contributed by atoms with E-state index in [4.69, 9.17) is 4.42 Å². The highest BCUT2D eigenvalue weighted by Gasteiger charge is 2.01. The highest BCUT2D eigenvalue weighted by Crippen LogP contribution is 2.16. The molecular weight excluding hydrogens is 216 g/mol. The molecule has 0 radical (unpaired) electrons. The molecule has 0 aliphatic rings. The largest absolute Gasteiger partial charge is 0.441 e. The predicted octanol–water partition coefficient (Wildman–Crippen LogP) is 1.62. The Morgan fingerprint density at radius 3 is 3.12 bits per heavy atom. The summed E-state index contributed by atoms with van der Waals surface area (Å²) in [6.07, 6.45) is 0. The molecule has 86 valence electrons. The Labute approximate surface area is 99.0 Å². The van der Waals surface area contributed by atoms with Crippen LogP contribution in [0.1, 0.15) is 18.4 Å². The monoisotopic (exact) mass is 228 g/mol. The lowest BCUT2D eigenvalue weighted by molar-refractivity contribution is -0.118. The molecule has 0 saturated carbocycles. The molecule has 1 aromatic heterocycles. The maximum atomic E-state index is 10.6. The molecule has 0 saturated heterocycles. The summed E-state index contributed by atoms with van der Waals surface area (Å²) in [5.41, 5.74) is 2.41. The summed E-state index contributed by atoms with van der Waals surface area (Å²) in [7, 11) is 0. The Morgan fingerprint density at radius 2 is 2.35 bits per heavy atom. The number of hydrogen-bond donors (Lipinski definition) is 1. The van der Waals surface area contributed by atoms with E-state index >= 15 is 0 Å². The molecule has 1 aromatic carbocycles. The Morgan fingerprint density at radius 1 is 1.53 bits per heavy atom. The number of fused-ring (bicyclic) bond motifs is 1. The van der Waals surface area contributed by atoms with Gasteiger partial charge in [0, 0.05) is 19.4 Å². The van der Waals surface area contributed by atoms with E-state index in [1.165, 1.54) is 6.92 Å². The van der Waals surface area contributed by atoms with Gasteiger partial charge in [-0.25, -0.2) is 4.98 Å². The van der Waals surface area contributed by atoms with Crippen LogP contribution in [0.4, 0.5) is 0 Å². The predicted molar refractivity (Wildman–Crippen MR) is 64.3 cm³/mol. The molecule has 0 unspecified atom stereocenters. The van der Waals surface area contributed by atoms with Crippen molar-refractivity contribution in [2.24, 2.45) is 0 Å². The molecule has 1 N–H and O–H groups in total. The van der Waals surface area contributed by atoms with Crippen LogP contribution < -0.4 is 5.32 Å². The second kappa shape index (κ2) is 4.71. The molecule has 0 aliphatic heterocycles. The highest BCUT2D eigenvalue weighted by atomic mass is 16.3. The molecule has 0 atom stereocenters. The second-order valence-electron chi connectivity index (χ2n) is 3.63.